The maximum atomic E-state index is 12.9. The van der Waals surface area contributed by atoms with Crippen LogP contribution in [-0.4, -0.2) is 55.8 Å². The molecule has 2 aromatic heterocycles. The zero-order valence-electron chi connectivity index (χ0n) is 19.4. The first kappa shape index (κ1) is 23.1. The summed E-state index contributed by atoms with van der Waals surface area (Å²) in [5.74, 6) is 1.25. The molecule has 0 fully saturated rings. The maximum Gasteiger partial charge on any atom is 0.329 e. The molecule has 9 heteroatoms. The van der Waals surface area contributed by atoms with Gasteiger partial charge < -0.3 is 23.8 Å². The molecule has 0 unspecified atom stereocenters. The van der Waals surface area contributed by atoms with Gasteiger partial charge in [-0.1, -0.05) is 0 Å². The number of methoxy groups -OCH3 is 2. The second kappa shape index (κ2) is 9.27. The van der Waals surface area contributed by atoms with E-state index in [2.05, 4.69) is 4.98 Å². The van der Waals surface area contributed by atoms with Crippen LogP contribution in [0.1, 0.15) is 12.5 Å². The molecule has 32 heavy (non-hydrogen) atoms. The van der Waals surface area contributed by atoms with Gasteiger partial charge in [0.25, 0.3) is 5.56 Å². The van der Waals surface area contributed by atoms with Gasteiger partial charge in [-0.05, 0) is 37.9 Å². The van der Waals surface area contributed by atoms with E-state index in [1.54, 1.807) is 46.8 Å². The summed E-state index contributed by atoms with van der Waals surface area (Å²) in [6.07, 6.45) is 3.37. The maximum absolute atomic E-state index is 12.9. The number of ether oxygens (including phenoxy) is 2. The highest BCUT2D eigenvalue weighted by atomic mass is 16.7. The van der Waals surface area contributed by atoms with Crippen molar-refractivity contribution in [2.45, 2.75) is 13.5 Å². The van der Waals surface area contributed by atoms with Gasteiger partial charge in [0, 0.05) is 50.9 Å². The van der Waals surface area contributed by atoms with Gasteiger partial charge in [0.1, 0.15) is 11.5 Å². The fourth-order valence-electron chi connectivity index (χ4n) is 3.60. The fraction of sp³-hybridized carbons (Fsp3) is 0.348. The normalized spacial score (nSPS) is 11.0. The third kappa shape index (κ3) is 4.52. The van der Waals surface area contributed by atoms with Crippen LogP contribution in [-0.2, 0) is 23.2 Å². The number of aryl methyl sites for hydroxylation is 1. The average Bonchev–Trinajstić information content (AvgIpc) is 2.75. The number of fused-ring (bicyclic) bond motifs is 1. The Morgan fingerprint density at radius 1 is 1.06 bits per heavy atom. The number of aromatic nitrogens is 2. The van der Waals surface area contributed by atoms with E-state index >= 15 is 0 Å². The molecule has 170 valence electrons. The first-order valence-corrected chi connectivity index (χ1v) is 9.97. The molecule has 0 spiro atoms. The molecule has 0 N–H and O–H groups in total. The minimum Gasteiger partial charge on any atom is -0.496 e. The molecule has 0 atom stereocenters. The number of carbonyl (C=O) groups excluding carboxylic acids is 1. The van der Waals surface area contributed by atoms with E-state index in [0.29, 0.717) is 34.6 Å². The van der Waals surface area contributed by atoms with Gasteiger partial charge >= 0.3 is 5.97 Å². The third-order valence-electron chi connectivity index (χ3n) is 5.03. The van der Waals surface area contributed by atoms with Crippen molar-refractivity contribution in [3.05, 3.63) is 46.5 Å². The lowest BCUT2D eigenvalue weighted by Crippen LogP contribution is -2.23. The van der Waals surface area contributed by atoms with Crippen molar-refractivity contribution in [3.63, 3.8) is 0 Å². The lowest BCUT2D eigenvalue weighted by Gasteiger charge is -2.20. The summed E-state index contributed by atoms with van der Waals surface area (Å²) in [4.78, 5) is 35.7. The SMILES string of the molecule is COc1cc(-c2cn(C)c(=O)c3cc(N(C)OC(C)=O)ncc23)cc(OC)c1CN(C)C. The van der Waals surface area contributed by atoms with Gasteiger partial charge in [-0.15, -0.1) is 0 Å². The lowest BCUT2D eigenvalue weighted by molar-refractivity contribution is -0.141. The van der Waals surface area contributed by atoms with Gasteiger partial charge in [0.05, 0.1) is 25.2 Å². The second-order valence-electron chi connectivity index (χ2n) is 7.72. The molecular formula is C23H28N4O5. The number of hydroxylamine groups is 1. The smallest absolute Gasteiger partial charge is 0.329 e. The Morgan fingerprint density at radius 3 is 2.22 bits per heavy atom. The summed E-state index contributed by atoms with van der Waals surface area (Å²) in [7, 11) is 10.4. The minimum absolute atomic E-state index is 0.188. The highest BCUT2D eigenvalue weighted by molar-refractivity contribution is 5.97. The highest BCUT2D eigenvalue weighted by Crippen LogP contribution is 2.37. The molecule has 3 aromatic rings. The van der Waals surface area contributed by atoms with Crippen LogP contribution in [0.5, 0.6) is 11.5 Å². The lowest BCUT2D eigenvalue weighted by atomic mass is 9.99. The standard InChI is InChI=1S/C23H28N4O5/c1-14(28)32-27(5)22-10-16-17(11-24-22)18(13-26(4)23(16)29)15-8-20(30-6)19(12-25(2)3)21(9-15)31-7/h8-11,13H,12H2,1-7H3. The Labute approximate surface area is 186 Å². The fourth-order valence-corrected chi connectivity index (χ4v) is 3.60. The Kier molecular flexibility index (Phi) is 6.69. The van der Waals surface area contributed by atoms with Gasteiger partial charge in [0.2, 0.25) is 0 Å². The van der Waals surface area contributed by atoms with Crippen LogP contribution in [0.15, 0.2) is 35.4 Å². The molecule has 1 aromatic carbocycles. The third-order valence-corrected chi connectivity index (χ3v) is 5.03. The number of hydrogen-bond donors (Lipinski definition) is 0. The molecule has 0 aliphatic rings. The van der Waals surface area contributed by atoms with E-state index < -0.39 is 5.97 Å². The Morgan fingerprint density at radius 2 is 1.69 bits per heavy atom. The number of pyridine rings is 2. The zero-order chi connectivity index (χ0) is 23.6. The van der Waals surface area contributed by atoms with Gasteiger partial charge in [-0.2, -0.15) is 5.06 Å². The molecule has 0 saturated carbocycles. The summed E-state index contributed by atoms with van der Waals surface area (Å²) >= 11 is 0. The summed E-state index contributed by atoms with van der Waals surface area (Å²) in [5.41, 5.74) is 2.36. The van der Waals surface area contributed by atoms with Gasteiger partial charge in [-0.3, -0.25) is 9.59 Å². The summed E-state index contributed by atoms with van der Waals surface area (Å²) in [6, 6.07) is 5.47. The van der Waals surface area contributed by atoms with E-state index in [-0.39, 0.29) is 5.56 Å². The molecule has 9 nitrogen and oxygen atoms in total. The van der Waals surface area contributed by atoms with Crippen LogP contribution in [0.4, 0.5) is 5.82 Å². The number of hydrogen-bond acceptors (Lipinski definition) is 8. The molecular weight excluding hydrogens is 412 g/mol. The van der Waals surface area contributed by atoms with Crippen molar-refractivity contribution in [1.29, 1.82) is 0 Å². The molecule has 0 radical (unpaired) electrons. The topological polar surface area (TPSA) is 86.1 Å². The minimum atomic E-state index is -0.479. The van der Waals surface area contributed by atoms with Crippen LogP contribution in [0.25, 0.3) is 21.9 Å². The Balaban J connectivity index is 2.24. The van der Waals surface area contributed by atoms with Crippen LogP contribution in [0.3, 0.4) is 0 Å². The van der Waals surface area contributed by atoms with E-state index in [1.165, 1.54) is 16.6 Å². The number of benzene rings is 1. The first-order valence-electron chi connectivity index (χ1n) is 9.97. The number of anilines is 1. The summed E-state index contributed by atoms with van der Waals surface area (Å²) in [6.45, 7) is 1.95. The first-order chi connectivity index (χ1) is 15.2. The second-order valence-corrected chi connectivity index (χ2v) is 7.72. The van der Waals surface area contributed by atoms with Crippen LogP contribution in [0.2, 0.25) is 0 Å². The quantitative estimate of drug-likeness (QED) is 0.518. The zero-order valence-corrected chi connectivity index (χ0v) is 19.4. The summed E-state index contributed by atoms with van der Waals surface area (Å²) in [5, 5.41) is 2.34. The molecule has 2 heterocycles. The molecule has 0 amide bonds. The molecule has 3 rings (SSSR count). The van der Waals surface area contributed by atoms with Crippen molar-refractivity contribution in [1.82, 2.24) is 14.5 Å². The van der Waals surface area contributed by atoms with E-state index in [0.717, 1.165) is 16.7 Å². The van der Waals surface area contributed by atoms with Crippen LogP contribution < -0.4 is 20.1 Å². The number of nitrogens with zero attached hydrogens (tertiary/aromatic N) is 4. The largest absolute Gasteiger partial charge is 0.496 e. The molecule has 0 saturated heterocycles. The predicted molar refractivity (Wildman–Crippen MR) is 123 cm³/mol. The van der Waals surface area contributed by atoms with Crippen molar-refractivity contribution < 1.29 is 19.1 Å². The average molecular weight is 441 g/mol. The van der Waals surface area contributed by atoms with Gasteiger partial charge in [-0.25, -0.2) is 4.98 Å². The van der Waals surface area contributed by atoms with Crippen LogP contribution >= 0.6 is 0 Å². The van der Waals surface area contributed by atoms with E-state index in [1.807, 2.05) is 31.1 Å². The number of rotatable bonds is 7. The molecule has 0 bridgehead atoms. The molecule has 0 aliphatic carbocycles. The molecule has 0 aliphatic heterocycles. The predicted octanol–water partition coefficient (Wildman–Crippen LogP) is 2.59. The monoisotopic (exact) mass is 440 g/mol. The van der Waals surface area contributed by atoms with E-state index in [4.69, 9.17) is 14.3 Å². The van der Waals surface area contributed by atoms with Gasteiger partial charge in [0.15, 0.2) is 5.82 Å². The summed E-state index contributed by atoms with van der Waals surface area (Å²) < 4.78 is 12.8. The van der Waals surface area contributed by atoms with Crippen LogP contribution in [0, 0.1) is 0 Å². The van der Waals surface area contributed by atoms with E-state index in [9.17, 15) is 9.59 Å². The van der Waals surface area contributed by atoms with Crippen molar-refractivity contribution >= 4 is 22.6 Å². The van der Waals surface area contributed by atoms with Crippen molar-refractivity contribution in [2.24, 2.45) is 7.05 Å². The van der Waals surface area contributed by atoms with Crippen molar-refractivity contribution in [2.75, 3.05) is 40.4 Å². The Hall–Kier alpha value is -3.59. The van der Waals surface area contributed by atoms with Crippen molar-refractivity contribution in [3.8, 4) is 22.6 Å². The highest BCUT2D eigenvalue weighted by Gasteiger charge is 2.18. The Bertz CT molecular complexity index is 1190. The number of carbonyl (C=O) groups is 1.